The number of ketones is 1. The third-order valence-electron chi connectivity index (χ3n) is 3.88. The van der Waals surface area contributed by atoms with Crippen molar-refractivity contribution >= 4 is 17.7 Å². The molecule has 6 heteroatoms. The molecule has 0 unspecified atom stereocenters. The first-order valence-electron chi connectivity index (χ1n) is 5.81. The fourth-order valence-corrected chi connectivity index (χ4v) is 2.96. The molecule has 0 aliphatic heterocycles. The lowest BCUT2D eigenvalue weighted by Crippen LogP contribution is -2.39. The zero-order valence-electron chi connectivity index (χ0n) is 10.6. The lowest BCUT2D eigenvalue weighted by atomic mass is 9.82. The molecular formula is C13H13NO5. The maximum absolute atomic E-state index is 11.9. The summed E-state index contributed by atoms with van der Waals surface area (Å²) in [6, 6.07) is 1.93. The van der Waals surface area contributed by atoms with E-state index in [-0.39, 0.29) is 18.6 Å². The number of fused-ring (bicyclic) bond motifs is 1. The second kappa shape index (κ2) is 4.50. The SMILES string of the molecule is COC(=O)C1(C(=O)OC)CC2=CC(=O)[C@H](C#N)[C@@H]2C1. The average molecular weight is 263 g/mol. The summed E-state index contributed by atoms with van der Waals surface area (Å²) < 4.78 is 9.37. The van der Waals surface area contributed by atoms with Gasteiger partial charge in [-0.05, 0) is 18.9 Å². The number of carbonyl (C=O) groups is 3. The molecular weight excluding hydrogens is 250 g/mol. The standard InChI is InChI=1S/C13H13NO5/c1-18-11(16)13(12(17)19-2)4-7-3-10(15)9(6-14)8(7)5-13/h3,8-9H,4-5H2,1-2H3/t8-,9-/m1/s1. The Morgan fingerprint density at radius 3 is 2.42 bits per heavy atom. The van der Waals surface area contributed by atoms with Crippen LogP contribution in [0.4, 0.5) is 0 Å². The first-order chi connectivity index (χ1) is 9.00. The van der Waals surface area contributed by atoms with Crippen LogP contribution in [0.1, 0.15) is 12.8 Å². The molecule has 0 bridgehead atoms. The molecule has 19 heavy (non-hydrogen) atoms. The van der Waals surface area contributed by atoms with Crippen molar-refractivity contribution in [3.8, 4) is 6.07 Å². The maximum atomic E-state index is 11.9. The van der Waals surface area contributed by atoms with Gasteiger partial charge in [0.1, 0.15) is 5.92 Å². The monoisotopic (exact) mass is 263 g/mol. The highest BCUT2D eigenvalue weighted by Crippen LogP contribution is 2.52. The summed E-state index contributed by atoms with van der Waals surface area (Å²) in [7, 11) is 2.39. The summed E-state index contributed by atoms with van der Waals surface area (Å²) in [4.78, 5) is 35.4. The van der Waals surface area contributed by atoms with Gasteiger partial charge in [-0.2, -0.15) is 5.26 Å². The van der Waals surface area contributed by atoms with Crippen LogP contribution >= 0.6 is 0 Å². The summed E-state index contributed by atoms with van der Waals surface area (Å²) in [5.41, 5.74) is -0.761. The van der Waals surface area contributed by atoms with Gasteiger partial charge in [0.25, 0.3) is 0 Å². The zero-order valence-corrected chi connectivity index (χ0v) is 10.6. The lowest BCUT2D eigenvalue weighted by Gasteiger charge is -2.23. The summed E-state index contributed by atoms with van der Waals surface area (Å²) in [5, 5.41) is 9.01. The summed E-state index contributed by atoms with van der Waals surface area (Å²) in [6.45, 7) is 0. The number of carbonyl (C=O) groups excluding carboxylic acids is 3. The van der Waals surface area contributed by atoms with Crippen molar-refractivity contribution in [3.63, 3.8) is 0 Å². The molecule has 6 nitrogen and oxygen atoms in total. The van der Waals surface area contributed by atoms with Crippen molar-refractivity contribution in [1.82, 2.24) is 0 Å². The Morgan fingerprint density at radius 2 is 1.95 bits per heavy atom. The normalized spacial score (nSPS) is 27.2. The molecule has 2 rings (SSSR count). The van der Waals surface area contributed by atoms with Gasteiger partial charge in [0.05, 0.1) is 20.3 Å². The number of rotatable bonds is 2. The second-order valence-corrected chi connectivity index (χ2v) is 4.78. The van der Waals surface area contributed by atoms with E-state index in [9.17, 15) is 14.4 Å². The highest BCUT2D eigenvalue weighted by Gasteiger charge is 2.59. The molecule has 100 valence electrons. The van der Waals surface area contributed by atoms with Crippen LogP contribution < -0.4 is 0 Å². The number of esters is 2. The van der Waals surface area contributed by atoms with Gasteiger partial charge in [0, 0.05) is 5.92 Å². The Labute approximate surface area is 110 Å². The van der Waals surface area contributed by atoms with Crippen molar-refractivity contribution in [1.29, 1.82) is 5.26 Å². The van der Waals surface area contributed by atoms with E-state index in [1.54, 1.807) is 0 Å². The van der Waals surface area contributed by atoms with E-state index in [1.807, 2.05) is 6.07 Å². The molecule has 0 aromatic rings. The van der Waals surface area contributed by atoms with E-state index >= 15 is 0 Å². The molecule has 1 saturated carbocycles. The Morgan fingerprint density at radius 1 is 1.37 bits per heavy atom. The quantitative estimate of drug-likeness (QED) is 0.528. The van der Waals surface area contributed by atoms with Gasteiger partial charge in [0.15, 0.2) is 11.2 Å². The van der Waals surface area contributed by atoms with Crippen LogP contribution in [-0.2, 0) is 23.9 Å². The van der Waals surface area contributed by atoms with Gasteiger partial charge < -0.3 is 9.47 Å². The van der Waals surface area contributed by atoms with Gasteiger partial charge >= 0.3 is 11.9 Å². The molecule has 0 aromatic carbocycles. The molecule has 2 aliphatic carbocycles. The van der Waals surface area contributed by atoms with E-state index in [0.717, 1.165) is 0 Å². The van der Waals surface area contributed by atoms with Crippen LogP contribution in [0.3, 0.4) is 0 Å². The predicted molar refractivity (Wildman–Crippen MR) is 61.4 cm³/mol. The summed E-state index contributed by atoms with van der Waals surface area (Å²) in [6.07, 6.45) is 1.54. The third kappa shape index (κ3) is 1.73. The Bertz CT molecular complexity index is 512. The minimum absolute atomic E-state index is 0.0843. The fraction of sp³-hybridized carbons (Fsp3) is 0.538. The minimum atomic E-state index is -1.42. The molecule has 0 N–H and O–H groups in total. The van der Waals surface area contributed by atoms with Crippen molar-refractivity contribution in [2.75, 3.05) is 14.2 Å². The largest absolute Gasteiger partial charge is 0.468 e. The number of nitriles is 1. The van der Waals surface area contributed by atoms with E-state index < -0.39 is 29.2 Å². The topological polar surface area (TPSA) is 93.5 Å². The van der Waals surface area contributed by atoms with Crippen molar-refractivity contribution in [3.05, 3.63) is 11.6 Å². The van der Waals surface area contributed by atoms with Crippen LogP contribution in [0.2, 0.25) is 0 Å². The number of hydrogen-bond acceptors (Lipinski definition) is 6. The number of methoxy groups -OCH3 is 2. The van der Waals surface area contributed by atoms with Crippen LogP contribution in [0.5, 0.6) is 0 Å². The zero-order chi connectivity index (χ0) is 14.2. The Kier molecular flexibility index (Phi) is 3.14. The highest BCUT2D eigenvalue weighted by atomic mass is 16.5. The molecule has 2 atom stereocenters. The summed E-state index contributed by atoms with van der Waals surface area (Å²) >= 11 is 0. The molecule has 0 heterocycles. The number of hydrogen-bond donors (Lipinski definition) is 0. The van der Waals surface area contributed by atoms with Crippen molar-refractivity contribution < 1.29 is 23.9 Å². The third-order valence-corrected chi connectivity index (χ3v) is 3.88. The molecule has 1 fully saturated rings. The summed E-state index contributed by atoms with van der Waals surface area (Å²) in [5.74, 6) is -2.83. The predicted octanol–water partition coefficient (Wildman–Crippen LogP) is 0.378. The van der Waals surface area contributed by atoms with Gasteiger partial charge in [-0.1, -0.05) is 5.57 Å². The minimum Gasteiger partial charge on any atom is -0.468 e. The molecule has 0 saturated heterocycles. The second-order valence-electron chi connectivity index (χ2n) is 4.78. The first kappa shape index (κ1) is 13.3. The Balaban J connectivity index is 2.40. The smallest absolute Gasteiger partial charge is 0.323 e. The Hall–Kier alpha value is -2.16. The van der Waals surface area contributed by atoms with Crippen molar-refractivity contribution in [2.24, 2.45) is 17.3 Å². The van der Waals surface area contributed by atoms with E-state index in [4.69, 9.17) is 5.26 Å². The molecule has 0 radical (unpaired) electrons. The van der Waals surface area contributed by atoms with E-state index in [0.29, 0.717) is 5.57 Å². The van der Waals surface area contributed by atoms with Gasteiger partial charge in [-0.15, -0.1) is 0 Å². The maximum Gasteiger partial charge on any atom is 0.323 e. The number of ether oxygens (including phenoxy) is 2. The van der Waals surface area contributed by atoms with E-state index in [2.05, 4.69) is 9.47 Å². The number of nitrogens with zero attached hydrogens (tertiary/aromatic N) is 1. The molecule has 0 amide bonds. The molecule has 0 spiro atoms. The van der Waals surface area contributed by atoms with Crippen molar-refractivity contribution in [2.45, 2.75) is 12.8 Å². The average Bonchev–Trinajstić information content (AvgIpc) is 2.90. The fourth-order valence-electron chi connectivity index (χ4n) is 2.96. The van der Waals surface area contributed by atoms with Gasteiger partial charge in [0.2, 0.25) is 0 Å². The first-order valence-corrected chi connectivity index (χ1v) is 5.81. The van der Waals surface area contributed by atoms with Gasteiger partial charge in [-0.3, -0.25) is 14.4 Å². The number of allylic oxidation sites excluding steroid dienone is 2. The lowest BCUT2D eigenvalue weighted by molar-refractivity contribution is -0.169. The van der Waals surface area contributed by atoms with Crippen LogP contribution in [0.25, 0.3) is 0 Å². The molecule has 0 aromatic heterocycles. The van der Waals surface area contributed by atoms with E-state index in [1.165, 1.54) is 20.3 Å². The molecule has 2 aliphatic rings. The van der Waals surface area contributed by atoms with Crippen LogP contribution in [-0.4, -0.2) is 31.9 Å². The van der Waals surface area contributed by atoms with Crippen LogP contribution in [0, 0.1) is 28.6 Å². The van der Waals surface area contributed by atoms with Gasteiger partial charge in [-0.25, -0.2) is 0 Å². The van der Waals surface area contributed by atoms with Crippen LogP contribution in [0.15, 0.2) is 11.6 Å². The highest BCUT2D eigenvalue weighted by molar-refractivity contribution is 6.04.